The number of phenolic OH excluding ortho intramolecular Hbond substituents is 1. The van der Waals surface area contributed by atoms with Crippen LogP contribution in [-0.4, -0.2) is 28.5 Å². The maximum atomic E-state index is 9.07. The van der Waals surface area contributed by atoms with Gasteiger partial charge in [-0.15, -0.1) is 0 Å². The van der Waals surface area contributed by atoms with Crippen molar-refractivity contribution in [3.8, 4) is 11.5 Å². The van der Waals surface area contributed by atoms with Crippen LogP contribution in [0.1, 0.15) is 0 Å². The van der Waals surface area contributed by atoms with Crippen LogP contribution >= 0.6 is 0 Å². The second-order valence-electron chi connectivity index (χ2n) is 2.20. The van der Waals surface area contributed by atoms with E-state index < -0.39 is 0 Å². The molecule has 0 radical (unpaired) electrons. The Labute approximate surface area is 82.7 Å². The molecule has 0 saturated carbocycles. The van der Waals surface area contributed by atoms with Gasteiger partial charge in [0.25, 0.3) is 0 Å². The predicted octanol–water partition coefficient (Wildman–Crippen LogP) is 0.886. The summed E-state index contributed by atoms with van der Waals surface area (Å²) < 4.78 is 4.85. The third-order valence-corrected chi connectivity index (χ3v) is 1.18. The predicted molar refractivity (Wildman–Crippen MR) is 53.1 cm³/mol. The number of ether oxygens (including phenoxy) is 1. The zero-order valence-corrected chi connectivity index (χ0v) is 7.76. The molecule has 0 aliphatic heterocycles. The normalized spacial score (nSPS) is 8.43. The molecular weight excluding hydrogens is 184 g/mol. The van der Waals surface area contributed by atoms with E-state index in [9.17, 15) is 0 Å². The molecule has 14 heavy (non-hydrogen) atoms. The fraction of sp³-hybridized carbons (Fsp3) is 0.200. The van der Waals surface area contributed by atoms with Crippen molar-refractivity contribution in [2.45, 2.75) is 0 Å². The van der Waals surface area contributed by atoms with Gasteiger partial charge in [-0.25, -0.2) is 0 Å². The summed E-state index contributed by atoms with van der Waals surface area (Å²) in [5.41, 5.74) is 0. The Bertz CT molecular complexity index is 258. The minimum Gasteiger partial charge on any atom is -0.504 e. The van der Waals surface area contributed by atoms with Gasteiger partial charge < -0.3 is 20.1 Å². The van der Waals surface area contributed by atoms with E-state index in [-0.39, 0.29) is 19.0 Å². The highest BCUT2D eigenvalue weighted by atomic mass is 16.5. The van der Waals surface area contributed by atoms with Crippen molar-refractivity contribution in [2.75, 3.05) is 13.2 Å². The van der Waals surface area contributed by atoms with Gasteiger partial charge in [0.05, 0.1) is 19.5 Å². The van der Waals surface area contributed by atoms with Crippen LogP contribution in [0.25, 0.3) is 0 Å². The summed E-state index contributed by atoms with van der Waals surface area (Å²) >= 11 is 0. The van der Waals surface area contributed by atoms with Crippen LogP contribution in [-0.2, 0) is 0 Å². The largest absolute Gasteiger partial charge is 0.504 e. The van der Waals surface area contributed by atoms with Crippen molar-refractivity contribution in [2.24, 2.45) is 0 Å². The van der Waals surface area contributed by atoms with Gasteiger partial charge in [-0.1, -0.05) is 18.7 Å². The summed E-state index contributed by atoms with van der Waals surface area (Å²) in [6, 6.07) is 6.72. The van der Waals surface area contributed by atoms with Crippen molar-refractivity contribution in [1.29, 1.82) is 0 Å². The highest BCUT2D eigenvalue weighted by Crippen LogP contribution is 2.23. The molecule has 0 amide bonds. The number of aromatic hydroxyl groups is 1. The maximum absolute atomic E-state index is 9.07. The van der Waals surface area contributed by atoms with Crippen LogP contribution in [0.4, 0.5) is 0 Å². The smallest absolute Gasteiger partial charge is 0.168 e. The molecule has 0 aromatic heterocycles. The molecular formula is C10H14O4. The van der Waals surface area contributed by atoms with Crippen LogP contribution in [0, 0.1) is 0 Å². The molecule has 1 aromatic rings. The molecule has 0 atom stereocenters. The van der Waals surface area contributed by atoms with Gasteiger partial charge >= 0.3 is 0 Å². The zero-order valence-electron chi connectivity index (χ0n) is 7.76. The summed E-state index contributed by atoms with van der Waals surface area (Å²) in [6.45, 7) is 3.11. The van der Waals surface area contributed by atoms with Gasteiger partial charge in [0, 0.05) is 0 Å². The Balaban J connectivity index is 0.000000364. The fourth-order valence-corrected chi connectivity index (χ4v) is 0.647. The van der Waals surface area contributed by atoms with Crippen molar-refractivity contribution in [3.05, 3.63) is 37.1 Å². The standard InChI is InChI=1S/C8H8O2.C2H6O2/c1-2-10-8-6-4-3-5-7(8)9;3-1-2-4/h2-6,9H,1H2;3-4H,1-2H2. The maximum Gasteiger partial charge on any atom is 0.168 e. The first-order chi connectivity index (χ1) is 6.76. The van der Waals surface area contributed by atoms with Crippen molar-refractivity contribution >= 4 is 0 Å². The van der Waals surface area contributed by atoms with Gasteiger partial charge in [0.2, 0.25) is 0 Å². The third kappa shape index (κ3) is 5.18. The zero-order chi connectivity index (χ0) is 10.8. The molecule has 0 unspecified atom stereocenters. The topological polar surface area (TPSA) is 69.9 Å². The van der Waals surface area contributed by atoms with Gasteiger partial charge in [-0.2, -0.15) is 0 Å². The lowest BCUT2D eigenvalue weighted by Crippen LogP contribution is -1.85. The van der Waals surface area contributed by atoms with E-state index in [1.807, 2.05) is 0 Å². The molecule has 78 valence electrons. The molecule has 3 N–H and O–H groups in total. The molecule has 0 fully saturated rings. The van der Waals surface area contributed by atoms with E-state index in [0.29, 0.717) is 5.75 Å². The molecule has 0 aliphatic carbocycles. The average molecular weight is 198 g/mol. The van der Waals surface area contributed by atoms with E-state index in [2.05, 4.69) is 6.58 Å². The minimum atomic E-state index is -0.125. The molecule has 4 nitrogen and oxygen atoms in total. The number of rotatable bonds is 3. The number of benzene rings is 1. The molecule has 4 heteroatoms. The quantitative estimate of drug-likeness (QED) is 0.631. The summed E-state index contributed by atoms with van der Waals surface area (Å²) in [6.07, 6.45) is 1.27. The SMILES string of the molecule is C=COc1ccccc1O.OCCO. The first-order valence-corrected chi connectivity index (χ1v) is 4.03. The van der Waals surface area contributed by atoms with Gasteiger partial charge in [-0.3, -0.25) is 0 Å². The number of hydrogen-bond donors (Lipinski definition) is 3. The summed E-state index contributed by atoms with van der Waals surface area (Å²) in [5, 5.41) is 24.3. The van der Waals surface area contributed by atoms with Crippen LogP contribution < -0.4 is 4.74 Å². The molecule has 0 bridgehead atoms. The Hall–Kier alpha value is -1.52. The van der Waals surface area contributed by atoms with Crippen LogP contribution in [0.3, 0.4) is 0 Å². The van der Waals surface area contributed by atoms with Crippen LogP contribution in [0.5, 0.6) is 11.5 Å². The van der Waals surface area contributed by atoms with E-state index in [1.165, 1.54) is 6.26 Å². The number of phenols is 1. The van der Waals surface area contributed by atoms with E-state index in [0.717, 1.165) is 0 Å². The first kappa shape index (κ1) is 12.5. The van der Waals surface area contributed by atoms with Crippen molar-refractivity contribution in [3.63, 3.8) is 0 Å². The van der Waals surface area contributed by atoms with Gasteiger partial charge in [0.1, 0.15) is 0 Å². The highest BCUT2D eigenvalue weighted by molar-refractivity contribution is 5.38. The van der Waals surface area contributed by atoms with Crippen molar-refractivity contribution < 1.29 is 20.1 Å². The molecule has 1 aromatic carbocycles. The second-order valence-corrected chi connectivity index (χ2v) is 2.20. The van der Waals surface area contributed by atoms with E-state index in [1.54, 1.807) is 24.3 Å². The summed E-state index contributed by atoms with van der Waals surface area (Å²) in [5.74, 6) is 0.555. The van der Waals surface area contributed by atoms with Crippen LogP contribution in [0.2, 0.25) is 0 Å². The Morgan fingerprint density at radius 3 is 2.21 bits per heavy atom. The Morgan fingerprint density at radius 1 is 1.21 bits per heavy atom. The van der Waals surface area contributed by atoms with E-state index >= 15 is 0 Å². The summed E-state index contributed by atoms with van der Waals surface area (Å²) in [7, 11) is 0. The number of aliphatic hydroxyl groups excluding tert-OH is 2. The average Bonchev–Trinajstić information content (AvgIpc) is 2.22. The Morgan fingerprint density at radius 2 is 1.79 bits per heavy atom. The monoisotopic (exact) mass is 198 g/mol. The first-order valence-electron chi connectivity index (χ1n) is 4.03. The number of para-hydroxylation sites is 2. The minimum absolute atomic E-state index is 0.125. The lowest BCUT2D eigenvalue weighted by molar-refractivity contribution is 0.186. The van der Waals surface area contributed by atoms with Gasteiger partial charge in [0.15, 0.2) is 11.5 Å². The third-order valence-electron chi connectivity index (χ3n) is 1.18. The molecule has 0 spiro atoms. The molecule has 0 aliphatic rings. The number of hydrogen-bond acceptors (Lipinski definition) is 4. The second kappa shape index (κ2) is 8.10. The number of aliphatic hydroxyl groups is 2. The summed E-state index contributed by atoms with van der Waals surface area (Å²) in [4.78, 5) is 0. The fourth-order valence-electron chi connectivity index (χ4n) is 0.647. The van der Waals surface area contributed by atoms with Crippen molar-refractivity contribution in [1.82, 2.24) is 0 Å². The molecule has 0 heterocycles. The molecule has 1 rings (SSSR count). The Kier molecular flexibility index (Phi) is 7.22. The lowest BCUT2D eigenvalue weighted by Gasteiger charge is -1.99. The molecule has 0 saturated heterocycles. The van der Waals surface area contributed by atoms with Crippen LogP contribution in [0.15, 0.2) is 37.1 Å². The lowest BCUT2D eigenvalue weighted by atomic mass is 10.3. The highest BCUT2D eigenvalue weighted by Gasteiger charge is 1.95. The van der Waals surface area contributed by atoms with E-state index in [4.69, 9.17) is 20.1 Å². The van der Waals surface area contributed by atoms with Gasteiger partial charge in [-0.05, 0) is 12.1 Å².